The van der Waals surface area contributed by atoms with E-state index in [2.05, 4.69) is 15.9 Å². The molecular formula is C14H10BrClF3N. The van der Waals surface area contributed by atoms with Crippen molar-refractivity contribution in [1.82, 2.24) is 0 Å². The van der Waals surface area contributed by atoms with Crippen LogP contribution in [0.2, 0.25) is 5.02 Å². The quantitative estimate of drug-likeness (QED) is 0.781. The fourth-order valence-corrected chi connectivity index (χ4v) is 2.37. The van der Waals surface area contributed by atoms with Crippen LogP contribution in [-0.4, -0.2) is 0 Å². The normalized spacial score (nSPS) is 12.5. The number of halogens is 5. The van der Waals surface area contributed by atoms with Gasteiger partial charge in [-0.15, -0.1) is 0 Å². The SMILES string of the molecule is NC(Cc1c(F)cccc1F)c1cc(Cl)c(Br)cc1F. The van der Waals surface area contributed by atoms with E-state index in [1.807, 2.05) is 0 Å². The summed E-state index contributed by atoms with van der Waals surface area (Å²) < 4.78 is 41.3. The minimum atomic E-state index is -0.896. The Morgan fingerprint density at radius 2 is 1.70 bits per heavy atom. The van der Waals surface area contributed by atoms with E-state index in [1.54, 1.807) is 0 Å². The fourth-order valence-electron chi connectivity index (χ4n) is 1.88. The van der Waals surface area contributed by atoms with Gasteiger partial charge in [0.25, 0.3) is 0 Å². The number of hydrogen-bond donors (Lipinski definition) is 1. The van der Waals surface area contributed by atoms with Crippen molar-refractivity contribution in [2.75, 3.05) is 0 Å². The summed E-state index contributed by atoms with van der Waals surface area (Å²) in [5, 5.41) is 0.283. The van der Waals surface area contributed by atoms with Crippen molar-refractivity contribution in [3.63, 3.8) is 0 Å². The zero-order chi connectivity index (χ0) is 14.9. The zero-order valence-corrected chi connectivity index (χ0v) is 12.5. The highest BCUT2D eigenvalue weighted by Gasteiger charge is 2.18. The van der Waals surface area contributed by atoms with Crippen LogP contribution in [0, 0.1) is 17.5 Å². The van der Waals surface area contributed by atoms with Crippen LogP contribution in [0.4, 0.5) is 13.2 Å². The van der Waals surface area contributed by atoms with E-state index >= 15 is 0 Å². The van der Waals surface area contributed by atoms with Gasteiger partial charge in [-0.1, -0.05) is 17.7 Å². The van der Waals surface area contributed by atoms with E-state index in [0.29, 0.717) is 4.47 Å². The first-order chi connectivity index (χ1) is 9.40. The maximum Gasteiger partial charge on any atom is 0.129 e. The summed E-state index contributed by atoms with van der Waals surface area (Å²) in [5.74, 6) is -1.99. The van der Waals surface area contributed by atoms with Crippen LogP contribution in [-0.2, 0) is 6.42 Å². The molecule has 20 heavy (non-hydrogen) atoms. The van der Waals surface area contributed by atoms with Gasteiger partial charge in [0.2, 0.25) is 0 Å². The second kappa shape index (κ2) is 6.16. The van der Waals surface area contributed by atoms with Gasteiger partial charge in [0, 0.05) is 21.6 Å². The standard InChI is InChI=1S/C14H10BrClF3N/c15-9-6-13(19)8(4-10(9)16)14(20)5-7-11(17)2-1-3-12(7)18/h1-4,6,14H,5,20H2. The summed E-state index contributed by atoms with van der Waals surface area (Å²) in [6.45, 7) is 0. The van der Waals surface area contributed by atoms with E-state index < -0.39 is 23.5 Å². The van der Waals surface area contributed by atoms with Gasteiger partial charge in [-0.3, -0.25) is 0 Å². The molecule has 0 aliphatic carbocycles. The maximum atomic E-state index is 13.8. The molecule has 0 heterocycles. The van der Waals surface area contributed by atoms with E-state index in [-0.39, 0.29) is 22.6 Å². The lowest BCUT2D eigenvalue weighted by atomic mass is 9.98. The predicted octanol–water partition coefficient (Wildman–Crippen LogP) is 4.76. The van der Waals surface area contributed by atoms with Crippen molar-refractivity contribution in [3.8, 4) is 0 Å². The largest absolute Gasteiger partial charge is 0.324 e. The topological polar surface area (TPSA) is 26.0 Å². The summed E-state index contributed by atoms with van der Waals surface area (Å²) in [6, 6.07) is 5.16. The second-order valence-corrected chi connectivity index (χ2v) is 5.56. The van der Waals surface area contributed by atoms with Gasteiger partial charge in [0.1, 0.15) is 17.5 Å². The number of nitrogens with two attached hydrogens (primary N) is 1. The number of hydrogen-bond acceptors (Lipinski definition) is 1. The maximum absolute atomic E-state index is 13.8. The Bertz CT molecular complexity index is 628. The Morgan fingerprint density at radius 1 is 1.10 bits per heavy atom. The highest BCUT2D eigenvalue weighted by Crippen LogP contribution is 2.30. The molecule has 0 fully saturated rings. The van der Waals surface area contributed by atoms with Gasteiger partial charge in [-0.2, -0.15) is 0 Å². The van der Waals surface area contributed by atoms with Crippen LogP contribution in [0.3, 0.4) is 0 Å². The first-order valence-electron chi connectivity index (χ1n) is 5.73. The fraction of sp³-hybridized carbons (Fsp3) is 0.143. The molecule has 0 aliphatic heterocycles. The molecule has 0 saturated heterocycles. The Labute approximate surface area is 127 Å². The van der Waals surface area contributed by atoms with Gasteiger partial charge in [0.05, 0.1) is 5.02 Å². The van der Waals surface area contributed by atoms with Crippen molar-refractivity contribution in [1.29, 1.82) is 0 Å². The molecular weight excluding hydrogens is 355 g/mol. The zero-order valence-electron chi connectivity index (χ0n) is 10.1. The molecule has 0 aromatic heterocycles. The van der Waals surface area contributed by atoms with Gasteiger partial charge in [-0.05, 0) is 46.6 Å². The van der Waals surface area contributed by atoms with Crippen molar-refractivity contribution in [3.05, 3.63) is 68.4 Å². The molecule has 0 aliphatic rings. The Kier molecular flexibility index (Phi) is 4.73. The molecule has 0 saturated carbocycles. The van der Waals surface area contributed by atoms with Crippen LogP contribution < -0.4 is 5.73 Å². The molecule has 0 spiro atoms. The molecule has 2 aromatic rings. The van der Waals surface area contributed by atoms with Gasteiger partial charge in [-0.25, -0.2) is 13.2 Å². The molecule has 106 valence electrons. The monoisotopic (exact) mass is 363 g/mol. The van der Waals surface area contributed by atoms with E-state index in [9.17, 15) is 13.2 Å². The first kappa shape index (κ1) is 15.4. The molecule has 6 heteroatoms. The van der Waals surface area contributed by atoms with Crippen molar-refractivity contribution >= 4 is 27.5 Å². The lowest BCUT2D eigenvalue weighted by molar-refractivity contribution is 0.528. The lowest BCUT2D eigenvalue weighted by Crippen LogP contribution is -2.16. The second-order valence-electron chi connectivity index (χ2n) is 4.30. The summed E-state index contributed by atoms with van der Waals surface area (Å²) >= 11 is 8.96. The molecule has 0 bridgehead atoms. The molecule has 1 unspecified atom stereocenters. The van der Waals surface area contributed by atoms with E-state index in [4.69, 9.17) is 17.3 Å². The number of rotatable bonds is 3. The highest BCUT2D eigenvalue weighted by atomic mass is 79.9. The van der Waals surface area contributed by atoms with E-state index in [1.165, 1.54) is 18.2 Å². The van der Waals surface area contributed by atoms with Crippen LogP contribution >= 0.6 is 27.5 Å². The summed E-state index contributed by atoms with van der Waals surface area (Å²) in [7, 11) is 0. The summed E-state index contributed by atoms with van der Waals surface area (Å²) in [6.07, 6.45) is -0.159. The Balaban J connectivity index is 2.33. The minimum absolute atomic E-state index is 0.112. The first-order valence-corrected chi connectivity index (χ1v) is 6.90. The average Bonchev–Trinajstić information content (AvgIpc) is 2.38. The van der Waals surface area contributed by atoms with Crippen LogP contribution in [0.1, 0.15) is 17.2 Å². The molecule has 1 nitrogen and oxygen atoms in total. The highest BCUT2D eigenvalue weighted by molar-refractivity contribution is 9.10. The lowest BCUT2D eigenvalue weighted by Gasteiger charge is -2.15. The van der Waals surface area contributed by atoms with Crippen LogP contribution in [0.5, 0.6) is 0 Å². The molecule has 0 radical (unpaired) electrons. The Morgan fingerprint density at radius 3 is 2.30 bits per heavy atom. The van der Waals surface area contributed by atoms with Gasteiger partial charge >= 0.3 is 0 Å². The number of benzene rings is 2. The third-order valence-electron chi connectivity index (χ3n) is 2.92. The van der Waals surface area contributed by atoms with Crippen molar-refractivity contribution in [2.45, 2.75) is 12.5 Å². The summed E-state index contributed by atoms with van der Waals surface area (Å²) in [4.78, 5) is 0. The third kappa shape index (κ3) is 3.16. The summed E-state index contributed by atoms with van der Waals surface area (Å²) in [5.41, 5.74) is 5.78. The van der Waals surface area contributed by atoms with Crippen molar-refractivity contribution in [2.24, 2.45) is 5.73 Å². The van der Waals surface area contributed by atoms with Gasteiger partial charge < -0.3 is 5.73 Å². The molecule has 2 rings (SSSR count). The molecule has 2 aromatic carbocycles. The minimum Gasteiger partial charge on any atom is -0.324 e. The molecule has 2 N–H and O–H groups in total. The van der Waals surface area contributed by atoms with E-state index in [0.717, 1.165) is 12.1 Å². The average molecular weight is 365 g/mol. The molecule has 0 amide bonds. The molecule has 1 atom stereocenters. The third-order valence-corrected chi connectivity index (χ3v) is 4.12. The Hall–Kier alpha value is -1.04. The van der Waals surface area contributed by atoms with Crippen LogP contribution in [0.25, 0.3) is 0 Å². The predicted molar refractivity (Wildman–Crippen MR) is 76.1 cm³/mol. The van der Waals surface area contributed by atoms with Crippen molar-refractivity contribution < 1.29 is 13.2 Å². The smallest absolute Gasteiger partial charge is 0.129 e. The van der Waals surface area contributed by atoms with Crippen LogP contribution in [0.15, 0.2) is 34.8 Å². The van der Waals surface area contributed by atoms with Gasteiger partial charge in [0.15, 0.2) is 0 Å².